The van der Waals surface area contributed by atoms with E-state index in [1.165, 1.54) is 18.2 Å². The van der Waals surface area contributed by atoms with E-state index in [0.717, 1.165) is 36.0 Å². The number of nitrogens with zero attached hydrogens (tertiary/aromatic N) is 4. The Kier molecular flexibility index (Phi) is 6.11. The molecule has 3 aromatic rings. The third-order valence-corrected chi connectivity index (χ3v) is 7.11. The molecule has 2 aliphatic heterocycles. The lowest BCUT2D eigenvalue weighted by Gasteiger charge is -2.38. The molecule has 0 unspecified atom stereocenters. The van der Waals surface area contributed by atoms with Gasteiger partial charge in [-0.3, -0.25) is 4.79 Å². The molecule has 35 heavy (non-hydrogen) atoms. The van der Waals surface area contributed by atoms with Gasteiger partial charge in [0.1, 0.15) is 17.1 Å². The Hall–Kier alpha value is -3.23. The zero-order valence-corrected chi connectivity index (χ0v) is 20.1. The summed E-state index contributed by atoms with van der Waals surface area (Å²) in [6, 6.07) is 5.41. The number of carbonyl (C=O) groups excluding carboxylic acids is 1. The number of likely N-dealkylation sites (N-methyl/N-ethyl adjacent to an activating group) is 1. The zero-order valence-electron chi connectivity index (χ0n) is 19.3. The third-order valence-electron chi connectivity index (χ3n) is 6.82. The topological polar surface area (TPSA) is 59.9 Å². The average molecular weight is 499 g/mol. The lowest BCUT2D eigenvalue weighted by molar-refractivity contribution is -0.126. The molecular weight excluding hydrogens is 474 g/mol. The highest BCUT2D eigenvalue weighted by Crippen LogP contribution is 2.44. The first-order valence-corrected chi connectivity index (χ1v) is 11.8. The van der Waals surface area contributed by atoms with Gasteiger partial charge in [0.25, 0.3) is 0 Å². The maximum atomic E-state index is 16.1. The molecule has 182 valence electrons. The minimum atomic E-state index is -0.773. The molecule has 3 heterocycles. The van der Waals surface area contributed by atoms with Crippen LogP contribution < -0.4 is 4.90 Å². The second kappa shape index (κ2) is 9.09. The van der Waals surface area contributed by atoms with Crippen LogP contribution in [0.4, 0.5) is 14.5 Å². The van der Waals surface area contributed by atoms with Crippen molar-refractivity contribution in [2.75, 3.05) is 44.7 Å². The lowest BCUT2D eigenvalue weighted by atomic mass is 9.95. The molecule has 0 spiro atoms. The van der Waals surface area contributed by atoms with Gasteiger partial charge in [-0.2, -0.15) is 0 Å². The summed E-state index contributed by atoms with van der Waals surface area (Å²) in [4.78, 5) is 22.7. The lowest BCUT2D eigenvalue weighted by Crippen LogP contribution is -2.49. The van der Waals surface area contributed by atoms with Gasteiger partial charge in [0, 0.05) is 55.8 Å². The maximum absolute atomic E-state index is 16.1. The van der Waals surface area contributed by atoms with Crippen molar-refractivity contribution >= 4 is 34.1 Å². The molecule has 1 amide bonds. The number of piperazine rings is 1. The van der Waals surface area contributed by atoms with Gasteiger partial charge in [-0.25, -0.2) is 13.8 Å². The highest BCUT2D eigenvalue weighted by atomic mass is 35.5. The van der Waals surface area contributed by atoms with E-state index in [1.807, 2.05) is 7.05 Å². The van der Waals surface area contributed by atoms with E-state index in [1.54, 1.807) is 11.0 Å². The van der Waals surface area contributed by atoms with Gasteiger partial charge in [0.05, 0.1) is 22.0 Å². The molecule has 2 aromatic carbocycles. The van der Waals surface area contributed by atoms with E-state index in [-0.39, 0.29) is 27.6 Å². The van der Waals surface area contributed by atoms with Gasteiger partial charge in [0.2, 0.25) is 5.91 Å². The normalized spacial score (nSPS) is 16.5. The first kappa shape index (κ1) is 23.5. The number of aromatic hydroxyl groups is 1. The SMILES string of the molecule is C=CC(=O)N1CCN(c2c3c(nc4c(F)c(-c5c(O)cccc5F)c(Cl)cc24)CN(C)CC3)CC1. The Bertz CT molecular complexity index is 1340. The van der Waals surface area contributed by atoms with Gasteiger partial charge in [-0.05, 0) is 37.7 Å². The van der Waals surface area contributed by atoms with E-state index in [9.17, 15) is 14.3 Å². The monoisotopic (exact) mass is 498 g/mol. The van der Waals surface area contributed by atoms with Gasteiger partial charge in [-0.15, -0.1) is 0 Å². The standard InChI is InChI=1S/C26H25ClF2N4O2/c1-3-21(35)32-9-11-33(12-10-32)26-15-7-8-31(2)14-19(15)30-25-16(26)13-17(27)22(24(25)29)23-18(28)5-4-6-20(23)34/h3-6,13,34H,1,7-12,14H2,2H3. The summed E-state index contributed by atoms with van der Waals surface area (Å²) in [7, 11) is 1.98. The van der Waals surface area contributed by atoms with Crippen LogP contribution in [0.5, 0.6) is 5.75 Å². The van der Waals surface area contributed by atoms with Crippen LogP contribution in [0, 0.1) is 11.6 Å². The predicted molar refractivity (Wildman–Crippen MR) is 133 cm³/mol. The molecule has 0 aliphatic carbocycles. The Labute approximate surface area is 207 Å². The summed E-state index contributed by atoms with van der Waals surface area (Å²) in [5.74, 6) is -2.06. The van der Waals surface area contributed by atoms with Crippen LogP contribution in [0.2, 0.25) is 5.02 Å². The number of hydrogen-bond acceptors (Lipinski definition) is 5. The number of hydrogen-bond donors (Lipinski definition) is 1. The van der Waals surface area contributed by atoms with Gasteiger partial charge in [0.15, 0.2) is 5.82 Å². The molecule has 1 saturated heterocycles. The summed E-state index contributed by atoms with van der Waals surface area (Å²) in [6.07, 6.45) is 2.05. The van der Waals surface area contributed by atoms with Crippen LogP contribution in [0.25, 0.3) is 22.0 Å². The Balaban J connectivity index is 1.71. The van der Waals surface area contributed by atoms with Gasteiger partial charge >= 0.3 is 0 Å². The molecule has 2 aliphatic rings. The van der Waals surface area contributed by atoms with Crippen molar-refractivity contribution < 1.29 is 18.7 Å². The molecule has 6 nitrogen and oxygen atoms in total. The Morgan fingerprint density at radius 2 is 1.91 bits per heavy atom. The summed E-state index contributed by atoms with van der Waals surface area (Å²) in [6.45, 7) is 7.11. The average Bonchev–Trinajstić information content (AvgIpc) is 2.84. The van der Waals surface area contributed by atoms with E-state index in [2.05, 4.69) is 21.4 Å². The first-order valence-electron chi connectivity index (χ1n) is 11.5. The number of carbonyl (C=O) groups is 1. The number of phenolic OH excluding ortho intramolecular Hbond substituents is 1. The van der Waals surface area contributed by atoms with Crippen molar-refractivity contribution in [1.29, 1.82) is 0 Å². The molecular formula is C26H25ClF2N4O2. The predicted octanol–water partition coefficient (Wildman–Crippen LogP) is 4.36. The van der Waals surface area contributed by atoms with Crippen LogP contribution in [0.3, 0.4) is 0 Å². The second-order valence-electron chi connectivity index (χ2n) is 8.97. The quantitative estimate of drug-likeness (QED) is 0.544. The zero-order chi connectivity index (χ0) is 24.9. The highest BCUT2D eigenvalue weighted by Gasteiger charge is 2.30. The van der Waals surface area contributed by atoms with Crippen molar-refractivity contribution in [2.24, 2.45) is 0 Å². The van der Waals surface area contributed by atoms with Crippen molar-refractivity contribution in [2.45, 2.75) is 13.0 Å². The van der Waals surface area contributed by atoms with Crippen LogP contribution >= 0.6 is 11.6 Å². The van der Waals surface area contributed by atoms with Crippen molar-refractivity contribution in [1.82, 2.24) is 14.8 Å². The number of fused-ring (bicyclic) bond motifs is 2. The number of aromatic nitrogens is 1. The molecule has 9 heteroatoms. The summed E-state index contributed by atoms with van der Waals surface area (Å²) in [5.41, 5.74) is 2.24. The summed E-state index contributed by atoms with van der Waals surface area (Å²) >= 11 is 6.55. The summed E-state index contributed by atoms with van der Waals surface area (Å²) < 4.78 is 30.7. The van der Waals surface area contributed by atoms with Gasteiger partial charge in [-0.1, -0.05) is 24.2 Å². The number of rotatable bonds is 3. The van der Waals surface area contributed by atoms with E-state index in [0.29, 0.717) is 38.1 Å². The molecule has 0 bridgehead atoms. The molecule has 0 atom stereocenters. The molecule has 1 aromatic heterocycles. The number of halogens is 3. The molecule has 0 saturated carbocycles. The van der Waals surface area contributed by atoms with Gasteiger partial charge < -0.3 is 19.8 Å². The maximum Gasteiger partial charge on any atom is 0.246 e. The minimum Gasteiger partial charge on any atom is -0.507 e. The third kappa shape index (κ3) is 4.00. The van der Waals surface area contributed by atoms with Crippen molar-refractivity contribution in [3.63, 3.8) is 0 Å². The number of pyridine rings is 1. The summed E-state index contributed by atoms with van der Waals surface area (Å²) in [5, 5.41) is 10.8. The second-order valence-corrected chi connectivity index (χ2v) is 9.37. The Morgan fingerprint density at radius 1 is 1.17 bits per heavy atom. The fourth-order valence-electron chi connectivity index (χ4n) is 5.06. The smallest absolute Gasteiger partial charge is 0.246 e. The first-order chi connectivity index (χ1) is 16.8. The largest absolute Gasteiger partial charge is 0.507 e. The minimum absolute atomic E-state index is 0.00759. The molecule has 0 radical (unpaired) electrons. The molecule has 5 rings (SSSR count). The van der Waals surface area contributed by atoms with Crippen LogP contribution in [-0.4, -0.2) is 65.6 Å². The van der Waals surface area contributed by atoms with Crippen molar-refractivity contribution in [3.8, 4) is 16.9 Å². The van der Waals surface area contributed by atoms with Crippen LogP contribution in [-0.2, 0) is 17.8 Å². The number of benzene rings is 2. The number of phenols is 1. The van der Waals surface area contributed by atoms with Crippen LogP contribution in [0.15, 0.2) is 36.9 Å². The van der Waals surface area contributed by atoms with E-state index < -0.39 is 17.4 Å². The van der Waals surface area contributed by atoms with Crippen LogP contribution in [0.1, 0.15) is 11.3 Å². The molecule has 1 fully saturated rings. The fourth-order valence-corrected chi connectivity index (χ4v) is 5.35. The Morgan fingerprint density at radius 3 is 2.60 bits per heavy atom. The van der Waals surface area contributed by atoms with E-state index in [4.69, 9.17) is 11.6 Å². The number of anilines is 1. The molecule has 1 N–H and O–H groups in total. The highest BCUT2D eigenvalue weighted by molar-refractivity contribution is 6.34. The number of amides is 1. The fraction of sp³-hybridized carbons (Fsp3) is 0.308. The van der Waals surface area contributed by atoms with E-state index >= 15 is 4.39 Å². The van der Waals surface area contributed by atoms with Crippen molar-refractivity contribution in [3.05, 3.63) is 64.8 Å².